The van der Waals surface area contributed by atoms with Crippen molar-refractivity contribution in [2.24, 2.45) is 0 Å². The van der Waals surface area contributed by atoms with E-state index in [2.05, 4.69) is 30.1 Å². The predicted molar refractivity (Wildman–Crippen MR) is 88.9 cm³/mol. The van der Waals surface area contributed by atoms with Gasteiger partial charge in [-0.2, -0.15) is 0 Å². The Labute approximate surface area is 127 Å². The van der Waals surface area contributed by atoms with Crippen molar-refractivity contribution in [2.45, 2.75) is 46.2 Å². The van der Waals surface area contributed by atoms with Gasteiger partial charge in [-0.25, -0.2) is 0 Å². The number of aromatic nitrogens is 1. The van der Waals surface area contributed by atoms with Crippen LogP contribution in [0.15, 0.2) is 34.8 Å². The lowest BCUT2D eigenvalue weighted by Gasteiger charge is -2.32. The van der Waals surface area contributed by atoms with E-state index in [4.69, 9.17) is 0 Å². The Hall–Kier alpha value is -1.55. The molecule has 0 unspecified atom stereocenters. The summed E-state index contributed by atoms with van der Waals surface area (Å²) >= 11 is 0. The van der Waals surface area contributed by atoms with Crippen molar-refractivity contribution in [2.75, 3.05) is 25.0 Å². The van der Waals surface area contributed by atoms with Crippen LogP contribution in [0, 0.1) is 0 Å². The third kappa shape index (κ3) is 4.74. The van der Waals surface area contributed by atoms with Gasteiger partial charge in [0.25, 0.3) is 5.56 Å². The molecular weight excluding hydrogens is 262 g/mol. The number of allylic oxidation sites excluding steroid dienone is 1. The molecule has 0 saturated carbocycles. The van der Waals surface area contributed by atoms with Gasteiger partial charge in [0, 0.05) is 44.5 Å². The van der Waals surface area contributed by atoms with Crippen molar-refractivity contribution in [1.82, 2.24) is 9.47 Å². The quantitative estimate of drug-likeness (QED) is 0.847. The minimum absolute atomic E-state index is 0.0691. The summed E-state index contributed by atoms with van der Waals surface area (Å²) in [6, 6.07) is 4.05. The fourth-order valence-electron chi connectivity index (χ4n) is 2.67. The van der Waals surface area contributed by atoms with Crippen molar-refractivity contribution in [3.8, 4) is 0 Å². The van der Waals surface area contributed by atoms with E-state index in [1.54, 1.807) is 10.6 Å². The van der Waals surface area contributed by atoms with Gasteiger partial charge < -0.3 is 9.88 Å². The van der Waals surface area contributed by atoms with Crippen LogP contribution in [0.25, 0.3) is 0 Å². The molecule has 0 spiro atoms. The highest BCUT2D eigenvalue weighted by atomic mass is 16.1. The van der Waals surface area contributed by atoms with Crippen LogP contribution >= 0.6 is 0 Å². The molecule has 2 heterocycles. The lowest BCUT2D eigenvalue weighted by atomic mass is 10.0. The molecule has 1 aromatic heterocycles. The number of nitrogens with one attached hydrogen (secondary N) is 1. The number of pyridine rings is 1. The number of piperidine rings is 1. The molecule has 1 aromatic rings. The number of aryl methyl sites for hydroxylation is 1. The fraction of sp³-hybridized carbons (Fsp3) is 0.588. The molecule has 0 aliphatic carbocycles. The molecule has 0 bridgehead atoms. The van der Waals surface area contributed by atoms with Gasteiger partial charge in [-0.05, 0) is 39.7 Å². The third-order valence-electron chi connectivity index (χ3n) is 4.04. The molecule has 1 aliphatic heterocycles. The fourth-order valence-corrected chi connectivity index (χ4v) is 2.67. The molecule has 4 nitrogen and oxygen atoms in total. The Morgan fingerprint density at radius 2 is 2.05 bits per heavy atom. The second-order valence-electron chi connectivity index (χ2n) is 6.04. The molecule has 0 radical (unpaired) electrons. The Bertz CT molecular complexity index is 535. The minimum atomic E-state index is 0.0691. The zero-order chi connectivity index (χ0) is 15.2. The highest BCUT2D eigenvalue weighted by molar-refractivity contribution is 5.41. The van der Waals surface area contributed by atoms with Gasteiger partial charge in [0.2, 0.25) is 0 Å². The lowest BCUT2D eigenvalue weighted by molar-refractivity contribution is 0.240. The zero-order valence-corrected chi connectivity index (χ0v) is 13.4. The highest BCUT2D eigenvalue weighted by Gasteiger charge is 2.18. The van der Waals surface area contributed by atoms with Gasteiger partial charge in [-0.3, -0.25) is 9.69 Å². The molecule has 1 aliphatic rings. The normalized spacial score (nSPS) is 16.7. The van der Waals surface area contributed by atoms with Gasteiger partial charge >= 0.3 is 0 Å². The van der Waals surface area contributed by atoms with Crippen molar-refractivity contribution in [1.29, 1.82) is 0 Å². The molecule has 4 heteroatoms. The summed E-state index contributed by atoms with van der Waals surface area (Å²) in [5.74, 6) is 0. The van der Waals surface area contributed by atoms with Gasteiger partial charge in [-0.1, -0.05) is 11.6 Å². The summed E-state index contributed by atoms with van der Waals surface area (Å²) in [4.78, 5) is 14.1. The number of hydrogen-bond donors (Lipinski definition) is 1. The molecule has 0 amide bonds. The van der Waals surface area contributed by atoms with Crippen LogP contribution in [-0.2, 0) is 6.54 Å². The lowest BCUT2D eigenvalue weighted by Crippen LogP contribution is -2.39. The zero-order valence-electron chi connectivity index (χ0n) is 13.4. The van der Waals surface area contributed by atoms with Gasteiger partial charge in [0.15, 0.2) is 0 Å². The van der Waals surface area contributed by atoms with Crippen LogP contribution in [0.1, 0.15) is 33.6 Å². The molecule has 0 atom stereocenters. The summed E-state index contributed by atoms with van der Waals surface area (Å²) in [6.07, 6.45) is 6.53. The number of rotatable bonds is 5. The molecule has 116 valence electrons. The maximum Gasteiger partial charge on any atom is 0.250 e. The summed E-state index contributed by atoms with van der Waals surface area (Å²) in [5, 5.41) is 3.57. The van der Waals surface area contributed by atoms with E-state index in [1.165, 1.54) is 5.57 Å². The van der Waals surface area contributed by atoms with Crippen LogP contribution in [0.2, 0.25) is 0 Å². The molecule has 2 rings (SSSR count). The summed E-state index contributed by atoms with van der Waals surface area (Å²) in [7, 11) is 0. The van der Waals surface area contributed by atoms with E-state index in [-0.39, 0.29) is 5.56 Å². The van der Waals surface area contributed by atoms with Crippen LogP contribution in [0.4, 0.5) is 5.69 Å². The first-order chi connectivity index (χ1) is 10.1. The molecule has 1 N–H and O–H groups in total. The van der Waals surface area contributed by atoms with E-state index >= 15 is 0 Å². The molecule has 21 heavy (non-hydrogen) atoms. The first-order valence-electron chi connectivity index (χ1n) is 7.91. The third-order valence-corrected chi connectivity index (χ3v) is 4.04. The average Bonchev–Trinajstić information content (AvgIpc) is 2.48. The first-order valence-corrected chi connectivity index (χ1v) is 7.91. The molecule has 1 saturated heterocycles. The maximum absolute atomic E-state index is 11.6. The van der Waals surface area contributed by atoms with E-state index in [9.17, 15) is 4.79 Å². The van der Waals surface area contributed by atoms with Crippen LogP contribution < -0.4 is 10.9 Å². The number of likely N-dealkylation sites (tertiary alicyclic amines) is 1. The maximum atomic E-state index is 11.6. The van der Waals surface area contributed by atoms with Crippen molar-refractivity contribution in [3.05, 3.63) is 40.3 Å². The van der Waals surface area contributed by atoms with E-state index in [0.717, 1.165) is 44.7 Å². The van der Waals surface area contributed by atoms with E-state index < -0.39 is 0 Å². The second kappa shape index (κ2) is 7.46. The Morgan fingerprint density at radius 3 is 2.67 bits per heavy atom. The summed E-state index contributed by atoms with van der Waals surface area (Å²) in [5.41, 5.74) is 2.51. The van der Waals surface area contributed by atoms with Crippen LogP contribution in [-0.4, -0.2) is 35.1 Å². The standard InChI is InChI=1S/C17H27N3O/c1-4-20-13-16(5-6-17(20)21)18-15-8-11-19(12-9-15)10-7-14(2)3/h5-7,13,15,18H,4,8-12H2,1-3H3. The molecule has 0 aromatic carbocycles. The Balaban J connectivity index is 1.86. The van der Waals surface area contributed by atoms with Crippen molar-refractivity contribution >= 4 is 5.69 Å². The van der Waals surface area contributed by atoms with E-state index in [1.807, 2.05) is 19.2 Å². The van der Waals surface area contributed by atoms with Gasteiger partial charge in [0.1, 0.15) is 0 Å². The SMILES string of the molecule is CCn1cc(NC2CCN(CC=C(C)C)CC2)ccc1=O. The molecular formula is C17H27N3O. The number of anilines is 1. The Morgan fingerprint density at radius 1 is 1.33 bits per heavy atom. The van der Waals surface area contributed by atoms with Crippen molar-refractivity contribution < 1.29 is 0 Å². The minimum Gasteiger partial charge on any atom is -0.381 e. The van der Waals surface area contributed by atoms with Gasteiger partial charge in [-0.15, -0.1) is 0 Å². The van der Waals surface area contributed by atoms with Gasteiger partial charge in [0.05, 0.1) is 5.69 Å². The monoisotopic (exact) mass is 289 g/mol. The number of hydrogen-bond acceptors (Lipinski definition) is 3. The number of nitrogens with zero attached hydrogens (tertiary/aromatic N) is 2. The van der Waals surface area contributed by atoms with Crippen LogP contribution in [0.5, 0.6) is 0 Å². The van der Waals surface area contributed by atoms with E-state index in [0.29, 0.717) is 6.04 Å². The smallest absolute Gasteiger partial charge is 0.250 e. The summed E-state index contributed by atoms with van der Waals surface area (Å²) in [6.45, 7) is 10.3. The highest BCUT2D eigenvalue weighted by Crippen LogP contribution is 2.16. The predicted octanol–water partition coefficient (Wildman–Crippen LogP) is 2.71. The van der Waals surface area contributed by atoms with Crippen LogP contribution in [0.3, 0.4) is 0 Å². The second-order valence-corrected chi connectivity index (χ2v) is 6.04. The van der Waals surface area contributed by atoms with Crippen molar-refractivity contribution in [3.63, 3.8) is 0 Å². The molecule has 1 fully saturated rings. The average molecular weight is 289 g/mol. The largest absolute Gasteiger partial charge is 0.381 e. The topological polar surface area (TPSA) is 37.3 Å². The first kappa shape index (κ1) is 15.8. The Kier molecular flexibility index (Phi) is 5.62. The summed E-state index contributed by atoms with van der Waals surface area (Å²) < 4.78 is 1.74.